The molecule has 0 saturated carbocycles. The second kappa shape index (κ2) is 64.4. The van der Waals surface area contributed by atoms with Crippen LogP contribution in [0, 0.1) is 0 Å². The van der Waals surface area contributed by atoms with Crippen molar-refractivity contribution in [2.45, 2.75) is 341 Å². The van der Waals surface area contributed by atoms with Crippen molar-refractivity contribution in [3.8, 4) is 0 Å². The molecule has 0 fully saturated rings. The number of carbonyl (C=O) groups excluding carboxylic acids is 3. The van der Waals surface area contributed by atoms with Crippen LogP contribution in [0.2, 0.25) is 0 Å². The molecule has 1 unspecified atom stereocenters. The molecule has 0 radical (unpaired) electrons. The Balaban J connectivity index is 4.37. The van der Waals surface area contributed by atoms with E-state index in [4.69, 9.17) is 14.2 Å². The summed E-state index contributed by atoms with van der Waals surface area (Å²) in [5, 5.41) is 0. The number of allylic oxidation sites excluding steroid dienone is 12. The average molecular weight is 1060 g/mol. The first-order chi connectivity index (χ1) is 37.5. The van der Waals surface area contributed by atoms with Crippen LogP contribution in [0.3, 0.4) is 0 Å². The number of ether oxygens (including phenoxy) is 3. The number of hydrogen-bond donors (Lipinski definition) is 0. The van der Waals surface area contributed by atoms with Gasteiger partial charge in [-0.05, 0) is 89.9 Å². The Hall–Kier alpha value is -3.15. The highest BCUT2D eigenvalue weighted by molar-refractivity contribution is 5.71. The zero-order chi connectivity index (χ0) is 55.0. The van der Waals surface area contributed by atoms with Gasteiger partial charge in [0.05, 0.1) is 0 Å². The summed E-state index contributed by atoms with van der Waals surface area (Å²) in [7, 11) is 0. The van der Waals surface area contributed by atoms with E-state index in [1.54, 1.807) is 0 Å². The van der Waals surface area contributed by atoms with Crippen LogP contribution in [0.1, 0.15) is 335 Å². The maximum atomic E-state index is 12.9. The Bertz CT molecular complexity index is 1400. The Morgan fingerprint density at radius 3 is 0.829 bits per heavy atom. The molecule has 0 saturated heterocycles. The van der Waals surface area contributed by atoms with Gasteiger partial charge in [0, 0.05) is 19.3 Å². The van der Waals surface area contributed by atoms with Gasteiger partial charge >= 0.3 is 17.9 Å². The van der Waals surface area contributed by atoms with E-state index in [9.17, 15) is 14.4 Å². The molecule has 1 atom stereocenters. The van der Waals surface area contributed by atoms with E-state index < -0.39 is 6.10 Å². The molecule has 0 rings (SSSR count). The second-order valence-electron chi connectivity index (χ2n) is 22.0. The van der Waals surface area contributed by atoms with Gasteiger partial charge in [-0.15, -0.1) is 0 Å². The fourth-order valence-corrected chi connectivity index (χ4v) is 9.53. The van der Waals surface area contributed by atoms with Crippen molar-refractivity contribution in [1.29, 1.82) is 0 Å². The van der Waals surface area contributed by atoms with E-state index in [2.05, 4.69) is 93.7 Å². The zero-order valence-corrected chi connectivity index (χ0v) is 50.5. The smallest absolute Gasteiger partial charge is 0.306 e. The highest BCUT2D eigenvalue weighted by Gasteiger charge is 2.19. The molecule has 0 N–H and O–H groups in total. The largest absolute Gasteiger partial charge is 0.462 e. The van der Waals surface area contributed by atoms with Crippen molar-refractivity contribution in [3.63, 3.8) is 0 Å². The van der Waals surface area contributed by atoms with Crippen LogP contribution in [-0.2, 0) is 28.6 Å². The summed E-state index contributed by atoms with van der Waals surface area (Å²) < 4.78 is 16.9. The molecule has 0 aromatic heterocycles. The van der Waals surface area contributed by atoms with Gasteiger partial charge < -0.3 is 14.2 Å². The van der Waals surface area contributed by atoms with Gasteiger partial charge in [0.25, 0.3) is 0 Å². The van der Waals surface area contributed by atoms with E-state index in [1.165, 1.54) is 193 Å². The van der Waals surface area contributed by atoms with Gasteiger partial charge in [0.2, 0.25) is 0 Å². The third-order valence-electron chi connectivity index (χ3n) is 14.4. The van der Waals surface area contributed by atoms with Crippen LogP contribution >= 0.6 is 0 Å². The van der Waals surface area contributed by atoms with Crippen LogP contribution in [0.5, 0.6) is 0 Å². The number of esters is 3. The van der Waals surface area contributed by atoms with Gasteiger partial charge in [-0.25, -0.2) is 0 Å². The molecule has 0 aromatic rings. The van der Waals surface area contributed by atoms with Crippen LogP contribution in [0.4, 0.5) is 0 Å². The topological polar surface area (TPSA) is 78.9 Å². The number of carbonyl (C=O) groups is 3. The molecule has 0 amide bonds. The number of rotatable bonds is 60. The van der Waals surface area contributed by atoms with E-state index >= 15 is 0 Å². The summed E-state index contributed by atoms with van der Waals surface area (Å²) in [5.41, 5.74) is 0. The lowest BCUT2D eigenvalue weighted by atomic mass is 10.0. The standard InChI is InChI=1S/C70H124O6/c1-4-7-10-13-16-19-22-25-28-31-33-34-35-36-38-39-42-45-48-51-54-57-60-63-69(72)75-66-67(65-74-68(71)62-59-56-53-50-47-44-41-30-27-24-21-18-15-12-9-6-3)76-70(73)64-61-58-55-52-49-46-43-40-37-32-29-26-23-20-17-14-11-8-5-2/h8,11,17,20,26,29-30,37,40-41,46,49,67H,4-7,9-10,12-16,18-19,21-25,27-28,31-36,38-39,42-45,47-48,50-66H2,1-3H3/b11-8-,20-17-,29-26-,40-37-,41-30-,49-46-. The van der Waals surface area contributed by atoms with E-state index in [-0.39, 0.29) is 31.1 Å². The van der Waals surface area contributed by atoms with Crippen molar-refractivity contribution < 1.29 is 28.6 Å². The Kier molecular flexibility index (Phi) is 61.7. The van der Waals surface area contributed by atoms with Gasteiger partial charge in [-0.2, -0.15) is 0 Å². The first-order valence-corrected chi connectivity index (χ1v) is 32.9. The summed E-state index contributed by atoms with van der Waals surface area (Å²) in [6.07, 6.45) is 83.4. The highest BCUT2D eigenvalue weighted by atomic mass is 16.6. The molecule has 6 nitrogen and oxygen atoms in total. The summed E-state index contributed by atoms with van der Waals surface area (Å²) in [5.74, 6) is -0.912. The van der Waals surface area contributed by atoms with Crippen LogP contribution in [0.15, 0.2) is 72.9 Å². The normalized spacial score (nSPS) is 12.5. The van der Waals surface area contributed by atoms with Crippen LogP contribution in [0.25, 0.3) is 0 Å². The first-order valence-electron chi connectivity index (χ1n) is 32.9. The molecule has 0 heterocycles. The predicted octanol–water partition coefficient (Wildman–Crippen LogP) is 22.5. The van der Waals surface area contributed by atoms with E-state index in [1.807, 2.05) is 0 Å². The van der Waals surface area contributed by atoms with Crippen molar-refractivity contribution in [2.24, 2.45) is 0 Å². The molecule has 0 aromatic carbocycles. The third-order valence-corrected chi connectivity index (χ3v) is 14.4. The summed E-state index contributed by atoms with van der Waals surface area (Å²) in [6, 6.07) is 0. The Labute approximate surface area is 472 Å². The van der Waals surface area contributed by atoms with E-state index in [0.29, 0.717) is 19.3 Å². The molecule has 76 heavy (non-hydrogen) atoms. The maximum Gasteiger partial charge on any atom is 0.306 e. The molecule has 6 heteroatoms. The minimum absolute atomic E-state index is 0.0885. The predicted molar refractivity (Wildman–Crippen MR) is 330 cm³/mol. The summed E-state index contributed by atoms with van der Waals surface area (Å²) in [4.78, 5) is 38.3. The monoisotopic (exact) mass is 1060 g/mol. The average Bonchev–Trinajstić information content (AvgIpc) is 3.42. The molecule has 440 valence electrons. The van der Waals surface area contributed by atoms with Crippen LogP contribution < -0.4 is 0 Å². The minimum atomic E-state index is -0.796. The van der Waals surface area contributed by atoms with Crippen molar-refractivity contribution in [2.75, 3.05) is 13.2 Å². The third kappa shape index (κ3) is 61.7. The SMILES string of the molecule is CC/C=C\C/C=C\C/C=C\C/C=C\C/C=C\CCCCCC(=O)OC(COC(=O)CCCCCCC/C=C\CCCCCCCCC)COC(=O)CCCCCCCCCCCCCCCCCCCCCCCCC. The molecular weight excluding hydrogens is 937 g/mol. The Morgan fingerprint density at radius 1 is 0.276 bits per heavy atom. The van der Waals surface area contributed by atoms with Gasteiger partial charge in [0.1, 0.15) is 13.2 Å². The molecular formula is C70H124O6. The molecule has 0 aliphatic heterocycles. The first kappa shape index (κ1) is 72.8. The van der Waals surface area contributed by atoms with Crippen molar-refractivity contribution in [3.05, 3.63) is 72.9 Å². The maximum absolute atomic E-state index is 12.9. The van der Waals surface area contributed by atoms with E-state index in [0.717, 1.165) is 103 Å². The molecule has 0 spiro atoms. The number of unbranched alkanes of at least 4 members (excludes halogenated alkanes) is 37. The fraction of sp³-hybridized carbons (Fsp3) is 0.786. The van der Waals surface area contributed by atoms with Gasteiger partial charge in [-0.1, -0.05) is 299 Å². The molecule has 0 aliphatic carbocycles. The summed E-state index contributed by atoms with van der Waals surface area (Å²) >= 11 is 0. The lowest BCUT2D eigenvalue weighted by Gasteiger charge is -2.18. The Morgan fingerprint density at radius 2 is 0.513 bits per heavy atom. The fourth-order valence-electron chi connectivity index (χ4n) is 9.53. The van der Waals surface area contributed by atoms with Gasteiger partial charge in [-0.3, -0.25) is 14.4 Å². The van der Waals surface area contributed by atoms with Crippen molar-refractivity contribution in [1.82, 2.24) is 0 Å². The zero-order valence-electron chi connectivity index (χ0n) is 50.5. The highest BCUT2D eigenvalue weighted by Crippen LogP contribution is 2.17. The number of hydrogen-bond acceptors (Lipinski definition) is 6. The minimum Gasteiger partial charge on any atom is -0.462 e. The lowest BCUT2D eigenvalue weighted by Crippen LogP contribution is -2.30. The lowest BCUT2D eigenvalue weighted by molar-refractivity contribution is -0.167. The second-order valence-corrected chi connectivity index (χ2v) is 22.0. The van der Waals surface area contributed by atoms with Gasteiger partial charge in [0.15, 0.2) is 6.10 Å². The summed E-state index contributed by atoms with van der Waals surface area (Å²) in [6.45, 7) is 6.54. The molecule has 0 aliphatic rings. The molecule has 0 bridgehead atoms. The van der Waals surface area contributed by atoms with Crippen molar-refractivity contribution >= 4 is 17.9 Å². The quantitative estimate of drug-likeness (QED) is 0.0261. The van der Waals surface area contributed by atoms with Crippen LogP contribution in [-0.4, -0.2) is 37.2 Å².